The van der Waals surface area contributed by atoms with Crippen LogP contribution >= 0.6 is 11.6 Å². The van der Waals surface area contributed by atoms with Crippen LogP contribution in [0.5, 0.6) is 0 Å². The van der Waals surface area contributed by atoms with E-state index in [9.17, 15) is 10.0 Å². The average molecular weight is 358 g/mol. The smallest absolute Gasteiger partial charge is 0.256 e. The lowest BCUT2D eigenvalue weighted by atomic mass is 10.2. The van der Waals surface area contributed by atoms with Crippen LogP contribution in [0.3, 0.4) is 0 Å². The number of hydrogen-bond donors (Lipinski definition) is 3. The number of rotatable bonds is 4. The third-order valence-electron chi connectivity index (χ3n) is 3.17. The van der Waals surface area contributed by atoms with Gasteiger partial charge >= 0.3 is 0 Å². The molecule has 0 saturated carbocycles. The van der Waals surface area contributed by atoms with Gasteiger partial charge in [-0.05, 0) is 40.6 Å². The molecule has 0 saturated heterocycles. The molecule has 9 heteroatoms. The Balaban J connectivity index is 1.81. The molecule has 0 unspecified atom stereocenters. The predicted molar refractivity (Wildman–Crippen MR) is 92.1 cm³/mol. The van der Waals surface area contributed by atoms with Crippen molar-refractivity contribution in [3.05, 3.63) is 70.9 Å². The summed E-state index contributed by atoms with van der Waals surface area (Å²) in [6.07, 6.45) is 0. The molecule has 2 aromatic carbocycles. The molecular formula is C16H12ClN5O3. The summed E-state index contributed by atoms with van der Waals surface area (Å²) in [7, 11) is 0. The largest absolute Gasteiger partial charge is 0.409 e. The first-order valence-corrected chi connectivity index (χ1v) is 7.49. The molecule has 0 aliphatic rings. The summed E-state index contributed by atoms with van der Waals surface area (Å²) in [5.74, 6) is -0.458. The molecule has 1 aromatic heterocycles. The highest BCUT2D eigenvalue weighted by Crippen LogP contribution is 2.18. The van der Waals surface area contributed by atoms with Crippen LogP contribution in [0.15, 0.2) is 64.4 Å². The van der Waals surface area contributed by atoms with Gasteiger partial charge < -0.3 is 15.8 Å². The number of amidine groups is 1. The van der Waals surface area contributed by atoms with E-state index in [-0.39, 0.29) is 17.3 Å². The number of hydrogen-bond acceptors (Lipinski definition) is 6. The third kappa shape index (κ3) is 3.93. The Morgan fingerprint density at radius 1 is 1.08 bits per heavy atom. The molecule has 0 radical (unpaired) electrons. The van der Waals surface area contributed by atoms with Gasteiger partial charge in [-0.3, -0.25) is 4.79 Å². The van der Waals surface area contributed by atoms with E-state index in [1.54, 1.807) is 54.6 Å². The number of benzene rings is 2. The van der Waals surface area contributed by atoms with Gasteiger partial charge in [0.05, 0.1) is 0 Å². The molecule has 3 aromatic rings. The van der Waals surface area contributed by atoms with Gasteiger partial charge in [-0.25, -0.2) is 4.63 Å². The number of nitrogens with zero attached hydrogens (tertiary/aromatic N) is 3. The van der Waals surface area contributed by atoms with Gasteiger partial charge in [0.15, 0.2) is 5.69 Å². The van der Waals surface area contributed by atoms with Crippen LogP contribution in [0.4, 0.5) is 11.5 Å². The fraction of sp³-hybridized carbons (Fsp3) is 0. The normalized spacial score (nSPS) is 11.2. The standard InChI is InChI=1S/C16H12ClN5O3/c17-11-7-4-8-12(9-11)18-14(20-24)13-15(22-25-21-13)19-16(23)10-5-2-1-3-6-10/h1-9,24H,(H,18,20)(H,19,22,23). The topological polar surface area (TPSA) is 113 Å². The average Bonchev–Trinajstić information content (AvgIpc) is 3.08. The molecule has 8 nitrogen and oxygen atoms in total. The van der Waals surface area contributed by atoms with Crippen molar-refractivity contribution in [3.63, 3.8) is 0 Å². The summed E-state index contributed by atoms with van der Waals surface area (Å²) in [6.45, 7) is 0. The van der Waals surface area contributed by atoms with Gasteiger partial charge in [-0.2, -0.15) is 0 Å². The van der Waals surface area contributed by atoms with Crippen LogP contribution in [0.25, 0.3) is 0 Å². The minimum absolute atomic E-state index is 0.0104. The molecule has 0 fully saturated rings. The van der Waals surface area contributed by atoms with Crippen LogP contribution in [0, 0.1) is 0 Å². The first-order valence-electron chi connectivity index (χ1n) is 7.11. The SMILES string of the molecule is O=C(Nc1nonc1/C(=N\O)Nc1cccc(Cl)c1)c1ccccc1. The minimum Gasteiger partial charge on any atom is -0.409 e. The fourth-order valence-corrected chi connectivity index (χ4v) is 2.22. The van der Waals surface area contributed by atoms with E-state index >= 15 is 0 Å². The monoisotopic (exact) mass is 357 g/mol. The van der Waals surface area contributed by atoms with Gasteiger partial charge in [0.1, 0.15) is 0 Å². The highest BCUT2D eigenvalue weighted by molar-refractivity contribution is 6.31. The van der Waals surface area contributed by atoms with Crippen molar-refractivity contribution in [2.45, 2.75) is 0 Å². The lowest BCUT2D eigenvalue weighted by Crippen LogP contribution is -2.19. The number of amides is 1. The van der Waals surface area contributed by atoms with Crippen molar-refractivity contribution in [1.29, 1.82) is 0 Å². The van der Waals surface area contributed by atoms with Crippen molar-refractivity contribution >= 4 is 34.8 Å². The highest BCUT2D eigenvalue weighted by Gasteiger charge is 2.20. The number of nitrogens with one attached hydrogen (secondary N) is 2. The third-order valence-corrected chi connectivity index (χ3v) is 3.40. The molecule has 1 amide bonds. The van der Waals surface area contributed by atoms with Gasteiger partial charge in [-0.1, -0.05) is 41.0 Å². The maximum atomic E-state index is 12.2. The number of aromatic nitrogens is 2. The Hall–Kier alpha value is -3.39. The van der Waals surface area contributed by atoms with E-state index in [1.165, 1.54) is 0 Å². The summed E-state index contributed by atoms with van der Waals surface area (Å²) < 4.78 is 4.65. The van der Waals surface area contributed by atoms with Gasteiger partial charge in [0, 0.05) is 16.3 Å². The quantitative estimate of drug-likeness (QED) is 0.286. The first kappa shape index (κ1) is 16.5. The van der Waals surface area contributed by atoms with E-state index < -0.39 is 5.91 Å². The zero-order valence-corrected chi connectivity index (χ0v) is 13.4. The molecule has 25 heavy (non-hydrogen) atoms. The Bertz CT molecular complexity index is 911. The molecule has 1 heterocycles. The second-order valence-corrected chi connectivity index (χ2v) is 5.30. The summed E-state index contributed by atoms with van der Waals surface area (Å²) in [5.41, 5.74) is 1.03. The lowest BCUT2D eigenvalue weighted by Gasteiger charge is -2.07. The number of oxime groups is 1. The van der Waals surface area contributed by atoms with Crippen LogP contribution in [-0.4, -0.2) is 27.3 Å². The van der Waals surface area contributed by atoms with E-state index in [2.05, 4.69) is 30.7 Å². The summed E-state index contributed by atoms with van der Waals surface area (Å²) in [6, 6.07) is 15.3. The summed E-state index contributed by atoms with van der Waals surface area (Å²) >= 11 is 5.92. The number of halogens is 1. The Labute approximate surface area is 147 Å². The van der Waals surface area contributed by atoms with Crippen LogP contribution < -0.4 is 10.6 Å². The van der Waals surface area contributed by atoms with E-state index in [4.69, 9.17) is 11.6 Å². The van der Waals surface area contributed by atoms with Crippen LogP contribution in [0.1, 0.15) is 16.1 Å². The fourth-order valence-electron chi connectivity index (χ4n) is 2.03. The molecule has 0 aliphatic heterocycles. The zero-order valence-electron chi connectivity index (χ0n) is 12.7. The van der Waals surface area contributed by atoms with Crippen molar-refractivity contribution < 1.29 is 14.6 Å². The second-order valence-electron chi connectivity index (χ2n) is 4.87. The Kier molecular flexibility index (Phi) is 4.91. The van der Waals surface area contributed by atoms with Crippen LogP contribution in [0.2, 0.25) is 5.02 Å². The molecule has 3 N–H and O–H groups in total. The minimum atomic E-state index is -0.405. The van der Waals surface area contributed by atoms with Crippen molar-refractivity contribution in [2.24, 2.45) is 5.16 Å². The zero-order chi connectivity index (χ0) is 17.6. The Morgan fingerprint density at radius 3 is 2.60 bits per heavy atom. The molecule has 0 aliphatic carbocycles. The van der Waals surface area contributed by atoms with E-state index in [0.717, 1.165) is 0 Å². The number of carbonyl (C=O) groups is 1. The van der Waals surface area contributed by atoms with Gasteiger partial charge in [0.2, 0.25) is 11.7 Å². The maximum Gasteiger partial charge on any atom is 0.256 e. The second kappa shape index (κ2) is 7.45. The van der Waals surface area contributed by atoms with Gasteiger partial charge in [0.25, 0.3) is 5.91 Å². The molecule has 0 bridgehead atoms. The maximum absolute atomic E-state index is 12.2. The first-order chi connectivity index (χ1) is 12.2. The number of anilines is 2. The molecular weight excluding hydrogens is 346 g/mol. The number of carbonyl (C=O) groups excluding carboxylic acids is 1. The summed E-state index contributed by atoms with van der Waals surface area (Å²) in [5, 5.41) is 25.6. The molecule has 126 valence electrons. The summed E-state index contributed by atoms with van der Waals surface area (Å²) in [4.78, 5) is 12.2. The van der Waals surface area contributed by atoms with Crippen molar-refractivity contribution in [2.75, 3.05) is 10.6 Å². The molecule has 0 atom stereocenters. The van der Waals surface area contributed by atoms with Crippen molar-refractivity contribution in [3.8, 4) is 0 Å². The van der Waals surface area contributed by atoms with Crippen molar-refractivity contribution in [1.82, 2.24) is 10.3 Å². The van der Waals surface area contributed by atoms with E-state index in [0.29, 0.717) is 16.3 Å². The Morgan fingerprint density at radius 2 is 1.88 bits per heavy atom. The van der Waals surface area contributed by atoms with E-state index in [1.807, 2.05) is 0 Å². The molecule has 0 spiro atoms. The predicted octanol–water partition coefficient (Wildman–Crippen LogP) is 3.22. The lowest BCUT2D eigenvalue weighted by molar-refractivity contribution is 0.102. The molecule has 3 rings (SSSR count). The van der Waals surface area contributed by atoms with Crippen LogP contribution in [-0.2, 0) is 0 Å². The highest BCUT2D eigenvalue weighted by atomic mass is 35.5. The van der Waals surface area contributed by atoms with Gasteiger partial charge in [-0.15, -0.1) is 0 Å².